The summed E-state index contributed by atoms with van der Waals surface area (Å²) in [5, 5.41) is 3.00. The van der Waals surface area contributed by atoms with Crippen LogP contribution in [0.1, 0.15) is 49.5 Å². The predicted octanol–water partition coefficient (Wildman–Crippen LogP) is 2.88. The molecule has 1 aliphatic rings. The second-order valence-electron chi connectivity index (χ2n) is 5.88. The first kappa shape index (κ1) is 12.9. The molecule has 3 nitrogen and oxygen atoms in total. The summed E-state index contributed by atoms with van der Waals surface area (Å²) >= 11 is 0. The van der Waals surface area contributed by atoms with E-state index in [1.54, 1.807) is 7.11 Å². The molecule has 0 radical (unpaired) electrons. The number of ether oxygens (including phenoxy) is 1. The highest BCUT2D eigenvalue weighted by atomic mass is 16.5. The van der Waals surface area contributed by atoms with Crippen LogP contribution in [0, 0.1) is 0 Å². The molecule has 1 fully saturated rings. The fourth-order valence-corrected chi connectivity index (χ4v) is 2.02. The van der Waals surface area contributed by atoms with Crippen molar-refractivity contribution in [1.82, 2.24) is 5.32 Å². The lowest BCUT2D eigenvalue weighted by atomic mass is 9.85. The summed E-state index contributed by atoms with van der Waals surface area (Å²) in [4.78, 5) is 12.2. The van der Waals surface area contributed by atoms with Gasteiger partial charge in [-0.25, -0.2) is 0 Å². The van der Waals surface area contributed by atoms with E-state index in [0.717, 1.165) is 18.4 Å². The Hall–Kier alpha value is -1.51. The van der Waals surface area contributed by atoms with E-state index in [0.29, 0.717) is 17.4 Å². The molecule has 0 unspecified atom stereocenters. The highest BCUT2D eigenvalue weighted by Gasteiger charge is 2.27. The van der Waals surface area contributed by atoms with Crippen molar-refractivity contribution in [3.05, 3.63) is 29.3 Å². The van der Waals surface area contributed by atoms with Crippen molar-refractivity contribution >= 4 is 5.91 Å². The third-order valence-electron chi connectivity index (χ3n) is 3.18. The zero-order valence-electron chi connectivity index (χ0n) is 11.5. The SMILES string of the molecule is COc1c(C(=O)NC2CC2)cccc1C(C)(C)C. The number of hydrogen-bond acceptors (Lipinski definition) is 2. The third kappa shape index (κ3) is 2.66. The van der Waals surface area contributed by atoms with Crippen molar-refractivity contribution < 1.29 is 9.53 Å². The standard InChI is InChI=1S/C15H21NO2/c1-15(2,3)12-7-5-6-11(13(12)18-4)14(17)16-10-8-9-10/h5-7,10H,8-9H2,1-4H3,(H,16,17). The molecule has 0 saturated heterocycles. The van der Waals surface area contributed by atoms with E-state index in [-0.39, 0.29) is 11.3 Å². The van der Waals surface area contributed by atoms with Crippen molar-refractivity contribution in [2.45, 2.75) is 45.1 Å². The van der Waals surface area contributed by atoms with Crippen molar-refractivity contribution in [1.29, 1.82) is 0 Å². The molecule has 2 rings (SSSR count). The molecule has 1 aromatic carbocycles. The van der Waals surface area contributed by atoms with E-state index in [1.165, 1.54) is 0 Å². The number of amides is 1. The second-order valence-corrected chi connectivity index (χ2v) is 5.88. The van der Waals surface area contributed by atoms with Gasteiger partial charge in [-0.1, -0.05) is 32.9 Å². The molecule has 1 aromatic rings. The topological polar surface area (TPSA) is 38.3 Å². The van der Waals surface area contributed by atoms with Crippen LogP contribution in [0.25, 0.3) is 0 Å². The smallest absolute Gasteiger partial charge is 0.255 e. The molecule has 1 aliphatic carbocycles. The monoisotopic (exact) mass is 247 g/mol. The van der Waals surface area contributed by atoms with Gasteiger partial charge < -0.3 is 10.1 Å². The van der Waals surface area contributed by atoms with Crippen molar-refractivity contribution in [2.24, 2.45) is 0 Å². The van der Waals surface area contributed by atoms with Gasteiger partial charge in [0.05, 0.1) is 12.7 Å². The number of benzene rings is 1. The summed E-state index contributed by atoms with van der Waals surface area (Å²) in [5.74, 6) is 0.670. The van der Waals surface area contributed by atoms with Gasteiger partial charge >= 0.3 is 0 Å². The Bertz CT molecular complexity index is 456. The van der Waals surface area contributed by atoms with Gasteiger partial charge in [-0.3, -0.25) is 4.79 Å². The quantitative estimate of drug-likeness (QED) is 0.892. The Morgan fingerprint density at radius 3 is 2.50 bits per heavy atom. The predicted molar refractivity (Wildman–Crippen MR) is 72.2 cm³/mol. The van der Waals surface area contributed by atoms with Gasteiger partial charge in [-0.2, -0.15) is 0 Å². The number of carbonyl (C=O) groups is 1. The maximum Gasteiger partial charge on any atom is 0.255 e. The summed E-state index contributed by atoms with van der Waals surface area (Å²) in [6, 6.07) is 6.13. The van der Waals surface area contributed by atoms with E-state index in [2.05, 4.69) is 26.1 Å². The lowest BCUT2D eigenvalue weighted by Crippen LogP contribution is -2.26. The minimum absolute atomic E-state index is 0.0274. The molecule has 0 aliphatic heterocycles. The molecule has 1 N–H and O–H groups in total. The normalized spacial score (nSPS) is 15.3. The maximum atomic E-state index is 12.2. The first-order chi connectivity index (χ1) is 8.43. The zero-order chi connectivity index (χ0) is 13.3. The lowest BCUT2D eigenvalue weighted by molar-refractivity contribution is 0.0948. The minimum atomic E-state index is -0.0405. The third-order valence-corrected chi connectivity index (χ3v) is 3.18. The molecule has 3 heteroatoms. The second kappa shape index (κ2) is 4.63. The molecule has 1 saturated carbocycles. The molecular formula is C15H21NO2. The maximum absolute atomic E-state index is 12.2. The van der Waals surface area contributed by atoms with Crippen LogP contribution in [0.4, 0.5) is 0 Å². The van der Waals surface area contributed by atoms with E-state index in [1.807, 2.05) is 18.2 Å². The Labute approximate surface area is 109 Å². The van der Waals surface area contributed by atoms with Crippen LogP contribution in [0.15, 0.2) is 18.2 Å². The average Bonchev–Trinajstić information content (AvgIpc) is 3.10. The van der Waals surface area contributed by atoms with Crippen LogP contribution in [0.2, 0.25) is 0 Å². The van der Waals surface area contributed by atoms with Crippen molar-refractivity contribution in [3.63, 3.8) is 0 Å². The van der Waals surface area contributed by atoms with E-state index in [9.17, 15) is 4.79 Å². The molecular weight excluding hydrogens is 226 g/mol. The van der Waals surface area contributed by atoms with Crippen LogP contribution < -0.4 is 10.1 Å². The van der Waals surface area contributed by atoms with E-state index in [4.69, 9.17) is 4.74 Å². The van der Waals surface area contributed by atoms with Gasteiger partial charge in [-0.05, 0) is 24.3 Å². The Kier molecular flexibility index (Phi) is 3.33. The molecule has 18 heavy (non-hydrogen) atoms. The van der Waals surface area contributed by atoms with Gasteiger partial charge in [0.15, 0.2) is 0 Å². The molecule has 0 atom stereocenters. The fraction of sp³-hybridized carbons (Fsp3) is 0.533. The molecule has 1 amide bonds. The molecule has 0 aromatic heterocycles. The first-order valence-corrected chi connectivity index (χ1v) is 6.42. The van der Waals surface area contributed by atoms with Gasteiger partial charge in [0.25, 0.3) is 5.91 Å². The minimum Gasteiger partial charge on any atom is -0.496 e. The molecule has 98 valence electrons. The average molecular weight is 247 g/mol. The largest absolute Gasteiger partial charge is 0.496 e. The summed E-state index contributed by atoms with van der Waals surface area (Å²) < 4.78 is 5.47. The van der Waals surface area contributed by atoms with Gasteiger partial charge in [0.1, 0.15) is 5.75 Å². The van der Waals surface area contributed by atoms with Crippen LogP contribution in [0.3, 0.4) is 0 Å². The van der Waals surface area contributed by atoms with E-state index >= 15 is 0 Å². The lowest BCUT2D eigenvalue weighted by Gasteiger charge is -2.23. The summed E-state index contributed by atoms with van der Waals surface area (Å²) in [6.45, 7) is 6.36. The number of carbonyl (C=O) groups excluding carboxylic acids is 1. The van der Waals surface area contributed by atoms with Gasteiger partial charge in [0.2, 0.25) is 0 Å². The number of methoxy groups -OCH3 is 1. The van der Waals surface area contributed by atoms with Crippen LogP contribution in [0.5, 0.6) is 5.75 Å². The Morgan fingerprint density at radius 1 is 1.33 bits per heavy atom. The summed E-state index contributed by atoms with van der Waals surface area (Å²) in [7, 11) is 1.62. The Morgan fingerprint density at radius 2 is 2.00 bits per heavy atom. The fourth-order valence-electron chi connectivity index (χ4n) is 2.02. The highest BCUT2D eigenvalue weighted by Crippen LogP contribution is 2.34. The van der Waals surface area contributed by atoms with Gasteiger partial charge in [0, 0.05) is 11.6 Å². The van der Waals surface area contributed by atoms with Crippen LogP contribution in [-0.4, -0.2) is 19.1 Å². The highest BCUT2D eigenvalue weighted by molar-refractivity contribution is 5.97. The summed E-state index contributed by atoms with van der Waals surface area (Å²) in [6.07, 6.45) is 2.18. The number of para-hydroxylation sites is 1. The van der Waals surface area contributed by atoms with E-state index < -0.39 is 0 Å². The first-order valence-electron chi connectivity index (χ1n) is 6.42. The van der Waals surface area contributed by atoms with Crippen molar-refractivity contribution in [3.8, 4) is 5.75 Å². The van der Waals surface area contributed by atoms with Crippen LogP contribution in [-0.2, 0) is 5.41 Å². The molecule has 0 spiro atoms. The molecule has 0 heterocycles. The van der Waals surface area contributed by atoms with Gasteiger partial charge in [-0.15, -0.1) is 0 Å². The van der Waals surface area contributed by atoms with Crippen LogP contribution >= 0.6 is 0 Å². The number of hydrogen-bond donors (Lipinski definition) is 1. The van der Waals surface area contributed by atoms with Crippen molar-refractivity contribution in [2.75, 3.05) is 7.11 Å². The Balaban J connectivity index is 2.37. The summed E-state index contributed by atoms with van der Waals surface area (Å²) in [5.41, 5.74) is 1.66. The molecule has 0 bridgehead atoms. The number of nitrogens with one attached hydrogen (secondary N) is 1. The number of rotatable bonds is 3. The zero-order valence-corrected chi connectivity index (χ0v) is 11.5.